The number of primary amides is 1. The third kappa shape index (κ3) is 3.60. The normalized spacial score (nSPS) is 13.1. The van der Waals surface area contributed by atoms with Crippen molar-refractivity contribution in [2.45, 2.75) is 24.9 Å². The number of halogens is 4. The van der Waals surface area contributed by atoms with Gasteiger partial charge in [-0.05, 0) is 12.5 Å². The predicted octanol–water partition coefficient (Wildman–Crippen LogP) is 2.43. The Kier molecular flexibility index (Phi) is 4.43. The zero-order valence-corrected chi connectivity index (χ0v) is 11.1. The van der Waals surface area contributed by atoms with Crippen LogP contribution in [0.5, 0.6) is 0 Å². The Morgan fingerprint density at radius 3 is 2.55 bits per heavy atom. The Hall–Kier alpha value is -2.45. The third-order valence-corrected chi connectivity index (χ3v) is 2.99. The summed E-state index contributed by atoms with van der Waals surface area (Å²) in [5.74, 6) is -4.09. The zero-order valence-electron chi connectivity index (χ0n) is 11.1. The van der Waals surface area contributed by atoms with E-state index in [4.69, 9.17) is 5.73 Å². The van der Waals surface area contributed by atoms with E-state index in [1.165, 1.54) is 24.3 Å². The number of nitrogens with zero attached hydrogens (tertiary/aromatic N) is 2. The smallest absolute Gasteiger partial charge is 0.369 e. The predicted molar refractivity (Wildman–Crippen MR) is 66.0 cm³/mol. The van der Waals surface area contributed by atoms with E-state index in [0.717, 1.165) is 0 Å². The van der Waals surface area contributed by atoms with Gasteiger partial charge < -0.3 is 10.3 Å². The van der Waals surface area contributed by atoms with Crippen LogP contribution in [0, 0.1) is 5.82 Å². The average molecular weight is 317 g/mol. The maximum Gasteiger partial charge on any atom is 0.471 e. The largest absolute Gasteiger partial charge is 0.471 e. The molecule has 0 fully saturated rings. The summed E-state index contributed by atoms with van der Waals surface area (Å²) in [6.07, 6.45) is -4.88. The van der Waals surface area contributed by atoms with Gasteiger partial charge in [0.25, 0.3) is 0 Å². The van der Waals surface area contributed by atoms with Gasteiger partial charge in [0.2, 0.25) is 5.91 Å². The van der Waals surface area contributed by atoms with Gasteiger partial charge >= 0.3 is 12.1 Å². The van der Waals surface area contributed by atoms with Gasteiger partial charge in [-0.25, -0.2) is 4.39 Å². The molecule has 0 bridgehead atoms. The summed E-state index contributed by atoms with van der Waals surface area (Å²) in [4.78, 5) is 14.6. The second kappa shape index (κ2) is 6.12. The van der Waals surface area contributed by atoms with Gasteiger partial charge in [-0.15, -0.1) is 0 Å². The number of alkyl halides is 3. The molecule has 2 N–H and O–H groups in total. The van der Waals surface area contributed by atoms with E-state index in [9.17, 15) is 22.4 Å². The average Bonchev–Trinajstić information content (AvgIpc) is 2.89. The van der Waals surface area contributed by atoms with Crippen molar-refractivity contribution < 1.29 is 26.9 Å². The first-order chi connectivity index (χ1) is 10.3. The van der Waals surface area contributed by atoms with Crippen LogP contribution in [-0.4, -0.2) is 16.0 Å². The molecule has 5 nitrogen and oxygen atoms in total. The molecule has 0 aliphatic carbocycles. The van der Waals surface area contributed by atoms with E-state index < -0.39 is 29.7 Å². The molecule has 1 amide bonds. The van der Waals surface area contributed by atoms with E-state index in [1.54, 1.807) is 0 Å². The second-order valence-corrected chi connectivity index (χ2v) is 4.53. The van der Waals surface area contributed by atoms with Crippen LogP contribution in [0.2, 0.25) is 0 Å². The van der Waals surface area contributed by atoms with Gasteiger partial charge in [-0.1, -0.05) is 23.4 Å². The van der Waals surface area contributed by atoms with Crippen molar-refractivity contribution in [2.75, 3.05) is 0 Å². The molecule has 2 rings (SSSR count). The van der Waals surface area contributed by atoms with E-state index in [-0.39, 0.29) is 24.2 Å². The molecule has 118 valence electrons. The van der Waals surface area contributed by atoms with Gasteiger partial charge in [0, 0.05) is 12.0 Å². The minimum atomic E-state index is -4.74. The number of carbonyl (C=O) groups excluding carboxylic acids is 1. The first-order valence-electron chi connectivity index (χ1n) is 6.22. The highest BCUT2D eigenvalue weighted by Crippen LogP contribution is 2.28. The third-order valence-electron chi connectivity index (χ3n) is 2.99. The first-order valence-corrected chi connectivity index (χ1v) is 6.22. The fourth-order valence-electron chi connectivity index (χ4n) is 1.95. The molecule has 1 atom stereocenters. The van der Waals surface area contributed by atoms with Crippen LogP contribution in [0.1, 0.15) is 29.6 Å². The lowest BCUT2D eigenvalue weighted by molar-refractivity contribution is -0.159. The van der Waals surface area contributed by atoms with Crippen LogP contribution in [-0.2, 0) is 17.4 Å². The number of hydrogen-bond donors (Lipinski definition) is 1. The molecule has 1 aromatic carbocycles. The Labute approximate surface area is 122 Å². The van der Waals surface area contributed by atoms with Crippen LogP contribution in [0.15, 0.2) is 28.8 Å². The summed E-state index contributed by atoms with van der Waals surface area (Å²) in [6, 6.07) is 5.54. The number of nitrogens with two attached hydrogens (primary N) is 1. The lowest BCUT2D eigenvalue weighted by Crippen LogP contribution is -2.23. The van der Waals surface area contributed by atoms with Gasteiger partial charge in [-0.3, -0.25) is 4.79 Å². The Balaban J connectivity index is 2.12. The summed E-state index contributed by atoms with van der Waals surface area (Å²) in [6.45, 7) is 0. The number of aryl methyl sites for hydroxylation is 1. The van der Waals surface area contributed by atoms with Crippen molar-refractivity contribution in [1.82, 2.24) is 10.1 Å². The molecule has 0 aliphatic rings. The van der Waals surface area contributed by atoms with Crippen LogP contribution in [0.4, 0.5) is 17.6 Å². The fourth-order valence-corrected chi connectivity index (χ4v) is 1.95. The van der Waals surface area contributed by atoms with Gasteiger partial charge in [0.05, 0.1) is 5.92 Å². The number of aromatic nitrogens is 2. The Bertz CT molecular complexity index is 669. The minimum Gasteiger partial charge on any atom is -0.369 e. The number of carbonyl (C=O) groups is 1. The van der Waals surface area contributed by atoms with Crippen molar-refractivity contribution in [3.05, 3.63) is 47.4 Å². The van der Waals surface area contributed by atoms with Crippen LogP contribution >= 0.6 is 0 Å². The molecule has 1 aromatic heterocycles. The topological polar surface area (TPSA) is 82.0 Å². The molecule has 0 saturated heterocycles. The van der Waals surface area contributed by atoms with E-state index in [1.807, 2.05) is 0 Å². The molecule has 0 radical (unpaired) electrons. The van der Waals surface area contributed by atoms with E-state index in [2.05, 4.69) is 14.7 Å². The zero-order chi connectivity index (χ0) is 16.3. The molecule has 1 unspecified atom stereocenters. The maximum atomic E-state index is 13.7. The molecule has 0 spiro atoms. The molecule has 0 saturated carbocycles. The molecule has 22 heavy (non-hydrogen) atoms. The summed E-state index contributed by atoms with van der Waals surface area (Å²) in [5, 5.41) is 3.18. The molecule has 1 heterocycles. The second-order valence-electron chi connectivity index (χ2n) is 4.53. The molecule has 0 aliphatic heterocycles. The summed E-state index contributed by atoms with van der Waals surface area (Å²) in [7, 11) is 0. The quantitative estimate of drug-likeness (QED) is 0.859. The van der Waals surface area contributed by atoms with Crippen molar-refractivity contribution in [2.24, 2.45) is 5.73 Å². The Morgan fingerprint density at radius 1 is 1.32 bits per heavy atom. The highest BCUT2D eigenvalue weighted by Gasteiger charge is 2.38. The molecular formula is C13H11F4N3O2. The lowest BCUT2D eigenvalue weighted by atomic mass is 9.93. The number of hydrogen-bond acceptors (Lipinski definition) is 4. The molecule has 9 heteroatoms. The van der Waals surface area contributed by atoms with Crippen molar-refractivity contribution >= 4 is 5.91 Å². The minimum absolute atomic E-state index is 0.0346. The highest BCUT2D eigenvalue weighted by molar-refractivity contribution is 5.81. The van der Waals surface area contributed by atoms with Gasteiger partial charge in [0.1, 0.15) is 5.82 Å². The highest BCUT2D eigenvalue weighted by atomic mass is 19.4. The monoisotopic (exact) mass is 317 g/mol. The molecular weight excluding hydrogens is 306 g/mol. The van der Waals surface area contributed by atoms with Crippen molar-refractivity contribution in [1.29, 1.82) is 0 Å². The standard InChI is InChI=1S/C13H11F4N3O2/c14-9-4-2-1-3-7(9)8(11(18)21)5-6-10-19-12(22-20-10)13(15,16)17/h1-4,8H,5-6H2,(H2,18,21). The summed E-state index contributed by atoms with van der Waals surface area (Å²) < 4.78 is 54.7. The van der Waals surface area contributed by atoms with Crippen LogP contribution < -0.4 is 5.73 Å². The lowest BCUT2D eigenvalue weighted by Gasteiger charge is -2.13. The van der Waals surface area contributed by atoms with Crippen LogP contribution in [0.3, 0.4) is 0 Å². The Morgan fingerprint density at radius 2 is 2.00 bits per heavy atom. The van der Waals surface area contributed by atoms with Crippen LogP contribution in [0.25, 0.3) is 0 Å². The maximum absolute atomic E-state index is 13.7. The first kappa shape index (κ1) is 15.9. The number of rotatable bonds is 5. The van der Waals surface area contributed by atoms with Crippen molar-refractivity contribution in [3.63, 3.8) is 0 Å². The summed E-state index contributed by atoms with van der Waals surface area (Å²) in [5.41, 5.74) is 5.30. The number of amides is 1. The number of benzene rings is 1. The summed E-state index contributed by atoms with van der Waals surface area (Å²) >= 11 is 0. The van der Waals surface area contributed by atoms with E-state index in [0.29, 0.717) is 0 Å². The van der Waals surface area contributed by atoms with Crippen molar-refractivity contribution in [3.8, 4) is 0 Å². The van der Waals surface area contributed by atoms with Gasteiger partial charge in [0.15, 0.2) is 5.82 Å². The SMILES string of the molecule is NC(=O)C(CCc1noc(C(F)(F)F)n1)c1ccccc1F. The van der Waals surface area contributed by atoms with E-state index >= 15 is 0 Å². The molecule has 2 aromatic rings. The fraction of sp³-hybridized carbons (Fsp3) is 0.308. The van der Waals surface area contributed by atoms with Gasteiger partial charge in [-0.2, -0.15) is 18.2 Å².